The minimum Gasteiger partial charge on any atom is -0.381 e. The van der Waals surface area contributed by atoms with E-state index in [1.807, 2.05) is 4.90 Å². The topological polar surface area (TPSA) is 32.8 Å². The predicted molar refractivity (Wildman–Crippen MR) is 117 cm³/mol. The zero-order valence-electron chi connectivity index (χ0n) is 17.7. The van der Waals surface area contributed by atoms with Gasteiger partial charge < -0.3 is 14.5 Å². The van der Waals surface area contributed by atoms with E-state index >= 15 is 0 Å². The van der Waals surface area contributed by atoms with Gasteiger partial charge in [-0.05, 0) is 82.4 Å². The lowest BCUT2D eigenvalue weighted by atomic mass is 9.97. The average molecular weight is 409 g/mol. The molecule has 158 valence electrons. The van der Waals surface area contributed by atoms with Crippen LogP contribution in [-0.2, 0) is 4.74 Å². The van der Waals surface area contributed by atoms with E-state index in [-0.39, 0.29) is 5.91 Å². The molecule has 1 aliphatic rings. The van der Waals surface area contributed by atoms with Crippen LogP contribution in [0.15, 0.2) is 24.3 Å². The molecule has 2 rings (SSSR count). The Morgan fingerprint density at radius 3 is 2.39 bits per heavy atom. The average Bonchev–Trinajstić information content (AvgIpc) is 2.71. The van der Waals surface area contributed by atoms with Crippen molar-refractivity contribution in [2.45, 2.75) is 51.9 Å². The fourth-order valence-corrected chi connectivity index (χ4v) is 3.78. The van der Waals surface area contributed by atoms with Crippen molar-refractivity contribution >= 4 is 17.5 Å². The van der Waals surface area contributed by atoms with Crippen LogP contribution < -0.4 is 0 Å². The van der Waals surface area contributed by atoms with Gasteiger partial charge in [0.05, 0.1) is 0 Å². The van der Waals surface area contributed by atoms with Gasteiger partial charge in [-0.3, -0.25) is 4.79 Å². The minimum absolute atomic E-state index is 0.110. The molecule has 5 heteroatoms. The first-order valence-electron chi connectivity index (χ1n) is 10.9. The van der Waals surface area contributed by atoms with Crippen LogP contribution in [0.25, 0.3) is 0 Å². The molecule has 0 saturated carbocycles. The molecular weight excluding hydrogens is 372 g/mol. The van der Waals surface area contributed by atoms with E-state index in [1.165, 1.54) is 32.2 Å². The Bertz CT molecular complexity index is 556. The molecule has 1 aromatic carbocycles. The monoisotopic (exact) mass is 408 g/mol. The number of hydrogen-bond donors (Lipinski definition) is 0. The third-order valence-electron chi connectivity index (χ3n) is 5.57. The van der Waals surface area contributed by atoms with Crippen molar-refractivity contribution in [3.63, 3.8) is 0 Å². The summed E-state index contributed by atoms with van der Waals surface area (Å²) in [7, 11) is 2.22. The largest absolute Gasteiger partial charge is 0.381 e. The third kappa shape index (κ3) is 8.50. The van der Waals surface area contributed by atoms with Crippen LogP contribution in [0.2, 0.25) is 5.02 Å². The molecule has 0 atom stereocenters. The Morgan fingerprint density at radius 1 is 1.11 bits per heavy atom. The smallest absolute Gasteiger partial charge is 0.253 e. The number of rotatable bonds is 12. The second kappa shape index (κ2) is 13.2. The normalized spacial score (nSPS) is 15.4. The van der Waals surface area contributed by atoms with E-state index in [4.69, 9.17) is 16.3 Å². The van der Waals surface area contributed by atoms with Gasteiger partial charge in [0.1, 0.15) is 0 Å². The molecule has 0 radical (unpaired) electrons. The number of ether oxygens (including phenoxy) is 1. The lowest BCUT2D eigenvalue weighted by Crippen LogP contribution is -2.39. The third-order valence-corrected chi connectivity index (χ3v) is 5.82. The molecule has 0 unspecified atom stereocenters. The molecule has 1 heterocycles. The van der Waals surface area contributed by atoms with Gasteiger partial charge in [-0.2, -0.15) is 0 Å². The van der Waals surface area contributed by atoms with Gasteiger partial charge in [0, 0.05) is 36.9 Å². The number of nitrogens with zero attached hydrogens (tertiary/aromatic N) is 2. The summed E-state index contributed by atoms with van der Waals surface area (Å²) in [4.78, 5) is 16.9. The number of benzene rings is 1. The number of carbonyl (C=O) groups excluding carboxylic acids is 1. The zero-order valence-corrected chi connectivity index (χ0v) is 18.4. The van der Waals surface area contributed by atoms with Crippen LogP contribution in [0, 0.1) is 5.92 Å². The molecule has 1 fully saturated rings. The van der Waals surface area contributed by atoms with Crippen LogP contribution in [0.1, 0.15) is 62.2 Å². The Morgan fingerprint density at radius 2 is 1.75 bits per heavy atom. The number of halogens is 1. The van der Waals surface area contributed by atoms with E-state index in [0.717, 1.165) is 57.7 Å². The van der Waals surface area contributed by atoms with Gasteiger partial charge in [-0.1, -0.05) is 31.4 Å². The van der Waals surface area contributed by atoms with Crippen molar-refractivity contribution in [1.82, 2.24) is 9.80 Å². The molecule has 0 aromatic heterocycles. The minimum atomic E-state index is 0.110. The van der Waals surface area contributed by atoms with Gasteiger partial charge in [0.25, 0.3) is 5.91 Å². The summed E-state index contributed by atoms with van der Waals surface area (Å²) in [5, 5.41) is 0.663. The summed E-state index contributed by atoms with van der Waals surface area (Å²) in [5.74, 6) is 0.685. The standard InChI is InChI=1S/C23H37ClN2O2/c1-3-4-5-14-25(2)15-6-7-18-28-19-20-12-16-26(17-13-20)23(27)21-8-10-22(24)11-9-21/h8-11,20H,3-7,12-19H2,1-2H3. The molecule has 1 amide bonds. The molecule has 28 heavy (non-hydrogen) atoms. The number of hydrogen-bond acceptors (Lipinski definition) is 3. The van der Waals surface area contributed by atoms with Crippen molar-refractivity contribution < 1.29 is 9.53 Å². The molecule has 1 aromatic rings. The van der Waals surface area contributed by atoms with E-state index in [9.17, 15) is 4.79 Å². The first kappa shape index (κ1) is 23.2. The molecule has 1 saturated heterocycles. The van der Waals surface area contributed by atoms with Crippen LogP contribution in [0.3, 0.4) is 0 Å². The summed E-state index contributed by atoms with van der Waals surface area (Å²) < 4.78 is 5.91. The van der Waals surface area contributed by atoms with Crippen LogP contribution in [0.4, 0.5) is 0 Å². The summed E-state index contributed by atoms with van der Waals surface area (Å²) >= 11 is 5.90. The maximum atomic E-state index is 12.5. The molecular formula is C23H37ClN2O2. The van der Waals surface area contributed by atoms with Gasteiger partial charge in [-0.25, -0.2) is 0 Å². The summed E-state index contributed by atoms with van der Waals surface area (Å²) in [6, 6.07) is 7.17. The summed E-state index contributed by atoms with van der Waals surface area (Å²) in [6.07, 6.45) is 8.32. The molecule has 4 nitrogen and oxygen atoms in total. The molecule has 0 spiro atoms. The molecule has 0 N–H and O–H groups in total. The predicted octanol–water partition coefficient (Wildman–Crippen LogP) is 5.11. The fraction of sp³-hybridized carbons (Fsp3) is 0.696. The SMILES string of the molecule is CCCCCN(C)CCCCOCC1CCN(C(=O)c2ccc(Cl)cc2)CC1. The number of carbonyl (C=O) groups is 1. The summed E-state index contributed by atoms with van der Waals surface area (Å²) in [5.41, 5.74) is 0.721. The number of piperidine rings is 1. The number of unbranched alkanes of at least 4 members (excludes halogenated alkanes) is 3. The highest BCUT2D eigenvalue weighted by molar-refractivity contribution is 6.30. The second-order valence-electron chi connectivity index (χ2n) is 8.03. The van der Waals surface area contributed by atoms with Gasteiger partial charge >= 0.3 is 0 Å². The van der Waals surface area contributed by atoms with Crippen LogP contribution in [0.5, 0.6) is 0 Å². The first-order valence-corrected chi connectivity index (χ1v) is 11.3. The van der Waals surface area contributed by atoms with Crippen molar-refractivity contribution in [2.75, 3.05) is 46.4 Å². The van der Waals surface area contributed by atoms with Crippen molar-refractivity contribution in [3.05, 3.63) is 34.9 Å². The first-order chi connectivity index (χ1) is 13.6. The quantitative estimate of drug-likeness (QED) is 0.450. The molecule has 0 aliphatic carbocycles. The Hall–Kier alpha value is -1.10. The number of likely N-dealkylation sites (tertiary alicyclic amines) is 1. The van der Waals surface area contributed by atoms with Crippen LogP contribution in [-0.4, -0.2) is 62.1 Å². The maximum Gasteiger partial charge on any atom is 0.253 e. The van der Waals surface area contributed by atoms with Crippen LogP contribution >= 0.6 is 11.6 Å². The van der Waals surface area contributed by atoms with Crippen molar-refractivity contribution in [1.29, 1.82) is 0 Å². The van der Waals surface area contributed by atoms with Crippen molar-refractivity contribution in [2.24, 2.45) is 5.92 Å². The molecule has 0 bridgehead atoms. The Balaban J connectivity index is 1.52. The highest BCUT2D eigenvalue weighted by Gasteiger charge is 2.23. The van der Waals surface area contributed by atoms with Gasteiger partial charge in [-0.15, -0.1) is 0 Å². The lowest BCUT2D eigenvalue weighted by Gasteiger charge is -2.32. The van der Waals surface area contributed by atoms with E-state index < -0.39 is 0 Å². The summed E-state index contributed by atoms with van der Waals surface area (Å²) in [6.45, 7) is 7.94. The highest BCUT2D eigenvalue weighted by Crippen LogP contribution is 2.20. The van der Waals surface area contributed by atoms with E-state index in [1.54, 1.807) is 24.3 Å². The van der Waals surface area contributed by atoms with Gasteiger partial charge in [0.2, 0.25) is 0 Å². The fourth-order valence-electron chi connectivity index (χ4n) is 3.66. The Kier molecular flexibility index (Phi) is 10.9. The Labute approximate surface area is 176 Å². The van der Waals surface area contributed by atoms with E-state index in [0.29, 0.717) is 10.9 Å². The maximum absolute atomic E-state index is 12.5. The lowest BCUT2D eigenvalue weighted by molar-refractivity contribution is 0.0512. The van der Waals surface area contributed by atoms with Crippen molar-refractivity contribution in [3.8, 4) is 0 Å². The van der Waals surface area contributed by atoms with E-state index in [2.05, 4.69) is 18.9 Å². The number of amides is 1. The second-order valence-corrected chi connectivity index (χ2v) is 8.47. The zero-order chi connectivity index (χ0) is 20.2. The highest BCUT2D eigenvalue weighted by atomic mass is 35.5. The van der Waals surface area contributed by atoms with Gasteiger partial charge in [0.15, 0.2) is 0 Å². The molecule has 1 aliphatic heterocycles.